The van der Waals surface area contributed by atoms with Crippen molar-refractivity contribution in [1.29, 1.82) is 0 Å². The van der Waals surface area contributed by atoms with Gasteiger partial charge in [-0.05, 0) is 19.8 Å². The molecule has 1 N–H and O–H groups in total. The third kappa shape index (κ3) is 5.84. The van der Waals surface area contributed by atoms with E-state index in [2.05, 4.69) is 41.0 Å². The van der Waals surface area contributed by atoms with Crippen molar-refractivity contribution < 1.29 is 4.74 Å². The number of nitrogens with zero attached hydrogens (tertiary/aromatic N) is 3. The molecule has 0 aliphatic carbocycles. The minimum atomic E-state index is 0.518. The molecule has 114 valence electrons. The molecule has 0 amide bonds. The van der Waals surface area contributed by atoms with Crippen LogP contribution in [-0.2, 0) is 11.3 Å². The van der Waals surface area contributed by atoms with Crippen LogP contribution >= 0.6 is 0 Å². The van der Waals surface area contributed by atoms with Crippen LogP contribution < -0.4 is 5.32 Å². The zero-order valence-electron chi connectivity index (χ0n) is 13.2. The second-order valence-electron chi connectivity index (χ2n) is 5.04. The lowest BCUT2D eigenvalue weighted by molar-refractivity contribution is 0.117. The summed E-state index contributed by atoms with van der Waals surface area (Å²) in [5.41, 5.74) is 1.00. The van der Waals surface area contributed by atoms with Gasteiger partial charge in [-0.25, -0.2) is 4.98 Å². The van der Waals surface area contributed by atoms with Crippen LogP contribution in [0.3, 0.4) is 0 Å². The number of nitrogens with one attached hydrogen (secondary N) is 1. The standard InChI is InChI=1S/C15H28N4O/c1-5-7-16-15-11-17-14(10-18-15)12-19(8-9-20-4)13(3)6-2/h10-11,13H,5-9,12H2,1-4H3,(H,16,18). The van der Waals surface area contributed by atoms with Gasteiger partial charge in [0.05, 0.1) is 24.7 Å². The maximum absolute atomic E-state index is 5.18. The van der Waals surface area contributed by atoms with Crippen molar-refractivity contribution in [3.8, 4) is 0 Å². The van der Waals surface area contributed by atoms with E-state index in [1.165, 1.54) is 0 Å². The molecular formula is C15H28N4O. The predicted molar refractivity (Wildman–Crippen MR) is 82.9 cm³/mol. The van der Waals surface area contributed by atoms with E-state index in [9.17, 15) is 0 Å². The average molecular weight is 280 g/mol. The van der Waals surface area contributed by atoms with E-state index in [4.69, 9.17) is 4.74 Å². The minimum absolute atomic E-state index is 0.518. The molecule has 1 atom stereocenters. The van der Waals surface area contributed by atoms with E-state index in [-0.39, 0.29) is 0 Å². The smallest absolute Gasteiger partial charge is 0.144 e. The average Bonchev–Trinajstić information content (AvgIpc) is 2.49. The van der Waals surface area contributed by atoms with Gasteiger partial charge in [0.25, 0.3) is 0 Å². The maximum atomic E-state index is 5.18. The molecule has 0 saturated heterocycles. The summed E-state index contributed by atoms with van der Waals surface area (Å²) in [7, 11) is 1.74. The summed E-state index contributed by atoms with van der Waals surface area (Å²) in [5.74, 6) is 0.850. The fourth-order valence-corrected chi connectivity index (χ4v) is 1.91. The maximum Gasteiger partial charge on any atom is 0.144 e. The molecule has 0 radical (unpaired) electrons. The first-order valence-corrected chi connectivity index (χ1v) is 7.49. The molecule has 1 aromatic heterocycles. The molecular weight excluding hydrogens is 252 g/mol. The summed E-state index contributed by atoms with van der Waals surface area (Å²) >= 11 is 0. The van der Waals surface area contributed by atoms with Gasteiger partial charge in [0.15, 0.2) is 0 Å². The number of hydrogen-bond donors (Lipinski definition) is 1. The molecule has 0 saturated carbocycles. The molecule has 1 unspecified atom stereocenters. The largest absolute Gasteiger partial charge is 0.383 e. The molecule has 20 heavy (non-hydrogen) atoms. The van der Waals surface area contributed by atoms with Gasteiger partial charge in [0, 0.05) is 32.8 Å². The van der Waals surface area contributed by atoms with Crippen LogP contribution in [0.25, 0.3) is 0 Å². The monoisotopic (exact) mass is 280 g/mol. The Morgan fingerprint density at radius 3 is 2.65 bits per heavy atom. The summed E-state index contributed by atoms with van der Waals surface area (Å²) in [6.45, 7) is 9.99. The lowest BCUT2D eigenvalue weighted by Gasteiger charge is -2.27. The SMILES string of the molecule is CCCNc1cnc(CN(CCOC)C(C)CC)cn1. The quantitative estimate of drug-likeness (QED) is 0.714. The van der Waals surface area contributed by atoms with E-state index in [1.54, 1.807) is 7.11 Å². The minimum Gasteiger partial charge on any atom is -0.383 e. The van der Waals surface area contributed by atoms with E-state index in [0.717, 1.165) is 50.6 Å². The molecule has 0 aliphatic rings. The van der Waals surface area contributed by atoms with Crippen molar-refractivity contribution in [2.75, 3.05) is 32.1 Å². The van der Waals surface area contributed by atoms with Crippen LogP contribution in [0.15, 0.2) is 12.4 Å². The predicted octanol–water partition coefficient (Wildman–Crippen LogP) is 2.55. The van der Waals surface area contributed by atoms with Crippen molar-refractivity contribution in [3.63, 3.8) is 0 Å². The summed E-state index contributed by atoms with van der Waals surface area (Å²) in [5, 5.41) is 3.24. The van der Waals surface area contributed by atoms with E-state index in [0.29, 0.717) is 6.04 Å². The number of anilines is 1. The van der Waals surface area contributed by atoms with Gasteiger partial charge in [0.2, 0.25) is 0 Å². The molecule has 5 nitrogen and oxygen atoms in total. The van der Waals surface area contributed by atoms with Crippen LogP contribution in [0.4, 0.5) is 5.82 Å². The molecule has 1 rings (SSSR count). The summed E-state index contributed by atoms with van der Waals surface area (Å²) in [6.07, 6.45) is 5.88. The van der Waals surface area contributed by atoms with Gasteiger partial charge >= 0.3 is 0 Å². The van der Waals surface area contributed by atoms with Crippen molar-refractivity contribution in [2.45, 2.75) is 46.2 Å². The topological polar surface area (TPSA) is 50.3 Å². The first-order valence-electron chi connectivity index (χ1n) is 7.49. The Balaban J connectivity index is 2.58. The first-order chi connectivity index (χ1) is 9.71. The zero-order chi connectivity index (χ0) is 14.8. The van der Waals surface area contributed by atoms with Crippen LogP contribution in [0, 0.1) is 0 Å². The third-order valence-corrected chi connectivity index (χ3v) is 3.42. The molecule has 0 aliphatic heterocycles. The van der Waals surface area contributed by atoms with Crippen molar-refractivity contribution >= 4 is 5.82 Å². The Labute approximate surface area is 122 Å². The Morgan fingerprint density at radius 2 is 2.10 bits per heavy atom. The molecule has 0 aromatic carbocycles. The van der Waals surface area contributed by atoms with Gasteiger partial charge in [-0.2, -0.15) is 0 Å². The fourth-order valence-electron chi connectivity index (χ4n) is 1.91. The van der Waals surface area contributed by atoms with Gasteiger partial charge in [-0.15, -0.1) is 0 Å². The van der Waals surface area contributed by atoms with Crippen LogP contribution in [-0.4, -0.2) is 47.7 Å². The second kappa shape index (κ2) is 9.66. The summed E-state index contributed by atoms with van der Waals surface area (Å²) < 4.78 is 5.18. The lowest BCUT2D eigenvalue weighted by Crippen LogP contribution is -2.35. The number of methoxy groups -OCH3 is 1. The Kier molecular flexibility index (Phi) is 8.14. The lowest BCUT2D eigenvalue weighted by atomic mass is 10.2. The molecule has 5 heteroatoms. The van der Waals surface area contributed by atoms with E-state index >= 15 is 0 Å². The zero-order valence-corrected chi connectivity index (χ0v) is 13.2. The van der Waals surface area contributed by atoms with E-state index in [1.807, 2.05) is 12.4 Å². The van der Waals surface area contributed by atoms with Crippen LogP contribution in [0.1, 0.15) is 39.3 Å². The highest BCUT2D eigenvalue weighted by Crippen LogP contribution is 2.09. The Morgan fingerprint density at radius 1 is 1.30 bits per heavy atom. The normalized spacial score (nSPS) is 12.7. The second-order valence-corrected chi connectivity index (χ2v) is 5.04. The van der Waals surface area contributed by atoms with Gasteiger partial charge in [-0.3, -0.25) is 9.88 Å². The molecule has 0 fully saturated rings. The van der Waals surface area contributed by atoms with Crippen LogP contribution in [0.2, 0.25) is 0 Å². The fraction of sp³-hybridized carbons (Fsp3) is 0.733. The Hall–Kier alpha value is -1.20. The van der Waals surface area contributed by atoms with Gasteiger partial charge < -0.3 is 10.1 Å². The van der Waals surface area contributed by atoms with Crippen molar-refractivity contribution in [3.05, 3.63) is 18.1 Å². The number of aromatic nitrogens is 2. The summed E-state index contributed by atoms with van der Waals surface area (Å²) in [6, 6.07) is 0.518. The van der Waals surface area contributed by atoms with Crippen molar-refractivity contribution in [1.82, 2.24) is 14.9 Å². The molecule has 1 heterocycles. The third-order valence-electron chi connectivity index (χ3n) is 3.42. The first kappa shape index (κ1) is 16.9. The highest BCUT2D eigenvalue weighted by molar-refractivity contribution is 5.30. The highest BCUT2D eigenvalue weighted by Gasteiger charge is 2.13. The van der Waals surface area contributed by atoms with Gasteiger partial charge in [0.1, 0.15) is 5.82 Å². The summed E-state index contributed by atoms with van der Waals surface area (Å²) in [4.78, 5) is 11.3. The number of rotatable bonds is 10. The van der Waals surface area contributed by atoms with Crippen LogP contribution in [0.5, 0.6) is 0 Å². The highest BCUT2D eigenvalue weighted by atomic mass is 16.5. The van der Waals surface area contributed by atoms with Gasteiger partial charge in [-0.1, -0.05) is 13.8 Å². The molecule has 0 bridgehead atoms. The number of hydrogen-bond acceptors (Lipinski definition) is 5. The molecule has 1 aromatic rings. The van der Waals surface area contributed by atoms with E-state index < -0.39 is 0 Å². The van der Waals surface area contributed by atoms with Crippen molar-refractivity contribution in [2.24, 2.45) is 0 Å². The molecule has 0 spiro atoms. The Bertz CT molecular complexity index is 355. The number of ether oxygens (including phenoxy) is 1.